The fourth-order valence-electron chi connectivity index (χ4n) is 3.80. The molecular formula is C22H29N3O4S. The molecule has 162 valence electrons. The molecular weight excluding hydrogens is 402 g/mol. The van der Waals surface area contributed by atoms with Crippen LogP contribution in [0.15, 0.2) is 42.5 Å². The molecule has 1 fully saturated rings. The number of carbonyl (C=O) groups is 1. The largest absolute Gasteiger partial charge is 0.496 e. The Hall–Kier alpha value is -2.58. The Morgan fingerprint density at radius 1 is 1.27 bits per heavy atom. The van der Waals surface area contributed by atoms with E-state index >= 15 is 0 Å². The topological polar surface area (TPSA) is 96.5 Å². The van der Waals surface area contributed by atoms with Crippen molar-refractivity contribution in [2.24, 2.45) is 0 Å². The molecule has 1 aliphatic rings. The van der Waals surface area contributed by atoms with E-state index in [1.807, 2.05) is 18.2 Å². The Labute approximate surface area is 178 Å². The molecule has 2 atom stereocenters. The highest BCUT2D eigenvalue weighted by atomic mass is 32.2. The minimum absolute atomic E-state index is 0.0975. The SMILES string of the molecule is COc1cc(C)c(NS(C)(=O)=O)cc1C(=O)NC(Cc1ccccc1)C1CCCN1. The maximum absolute atomic E-state index is 13.2. The van der Waals surface area contributed by atoms with Gasteiger partial charge >= 0.3 is 0 Å². The zero-order valence-electron chi connectivity index (χ0n) is 17.6. The molecule has 2 unspecified atom stereocenters. The van der Waals surface area contributed by atoms with Crippen LogP contribution >= 0.6 is 0 Å². The number of sulfonamides is 1. The summed E-state index contributed by atoms with van der Waals surface area (Å²) >= 11 is 0. The second-order valence-electron chi connectivity index (χ2n) is 7.71. The van der Waals surface area contributed by atoms with Crippen LogP contribution in [0, 0.1) is 6.92 Å². The first-order valence-corrected chi connectivity index (χ1v) is 11.9. The van der Waals surface area contributed by atoms with E-state index in [1.165, 1.54) is 13.2 Å². The summed E-state index contributed by atoms with van der Waals surface area (Å²) in [7, 11) is -1.98. The fraction of sp³-hybridized carbons (Fsp3) is 0.409. The standard InChI is InChI=1S/C22H29N3O4S/c1-15-12-21(29-2)17(14-19(15)25-30(3,27)28)22(26)24-20(18-10-7-11-23-18)13-16-8-5-4-6-9-16/h4-6,8-9,12,14,18,20,23,25H,7,10-11,13H2,1-3H3,(H,24,26). The van der Waals surface area contributed by atoms with Crippen LogP contribution < -0.4 is 20.1 Å². The minimum atomic E-state index is -3.47. The van der Waals surface area contributed by atoms with Crippen LogP contribution in [-0.4, -0.2) is 46.3 Å². The van der Waals surface area contributed by atoms with Crippen molar-refractivity contribution in [1.29, 1.82) is 0 Å². The van der Waals surface area contributed by atoms with E-state index in [9.17, 15) is 13.2 Å². The maximum atomic E-state index is 13.2. The van der Waals surface area contributed by atoms with Crippen LogP contribution in [-0.2, 0) is 16.4 Å². The molecule has 1 aliphatic heterocycles. The van der Waals surface area contributed by atoms with Crippen LogP contribution in [0.25, 0.3) is 0 Å². The van der Waals surface area contributed by atoms with Crippen LogP contribution in [0.3, 0.4) is 0 Å². The van der Waals surface area contributed by atoms with E-state index in [2.05, 4.69) is 27.5 Å². The summed E-state index contributed by atoms with van der Waals surface area (Å²) in [5, 5.41) is 6.63. The quantitative estimate of drug-likeness (QED) is 0.597. The minimum Gasteiger partial charge on any atom is -0.496 e. The number of anilines is 1. The molecule has 0 bridgehead atoms. The third-order valence-electron chi connectivity index (χ3n) is 5.29. The van der Waals surface area contributed by atoms with Crippen LogP contribution in [0.5, 0.6) is 5.75 Å². The number of carbonyl (C=O) groups excluding carboxylic acids is 1. The van der Waals surface area contributed by atoms with Gasteiger partial charge in [0.1, 0.15) is 5.75 Å². The zero-order valence-corrected chi connectivity index (χ0v) is 18.4. The molecule has 7 nitrogen and oxygen atoms in total. The number of amides is 1. The van der Waals surface area contributed by atoms with Gasteiger partial charge in [-0.1, -0.05) is 30.3 Å². The summed E-state index contributed by atoms with van der Waals surface area (Å²) < 4.78 is 31.3. The maximum Gasteiger partial charge on any atom is 0.255 e. The van der Waals surface area contributed by atoms with E-state index in [1.54, 1.807) is 13.0 Å². The molecule has 8 heteroatoms. The van der Waals surface area contributed by atoms with Gasteiger partial charge in [0, 0.05) is 12.1 Å². The molecule has 0 aliphatic carbocycles. The second kappa shape index (κ2) is 9.49. The van der Waals surface area contributed by atoms with Crippen molar-refractivity contribution in [2.45, 2.75) is 38.3 Å². The van der Waals surface area contributed by atoms with Gasteiger partial charge in [-0.25, -0.2) is 8.42 Å². The van der Waals surface area contributed by atoms with Crippen molar-refractivity contribution >= 4 is 21.6 Å². The zero-order chi connectivity index (χ0) is 21.7. The summed E-state index contributed by atoms with van der Waals surface area (Å²) in [6, 6.07) is 13.3. The first-order chi connectivity index (χ1) is 14.3. The number of methoxy groups -OCH3 is 1. The Morgan fingerprint density at radius 2 is 2.00 bits per heavy atom. The van der Waals surface area contributed by atoms with Gasteiger partial charge < -0.3 is 15.4 Å². The van der Waals surface area contributed by atoms with Crippen LogP contribution in [0.1, 0.15) is 34.3 Å². The van der Waals surface area contributed by atoms with Crippen LogP contribution in [0.4, 0.5) is 5.69 Å². The number of hydrogen-bond acceptors (Lipinski definition) is 5. The summed E-state index contributed by atoms with van der Waals surface area (Å²) in [4.78, 5) is 13.2. The van der Waals surface area contributed by atoms with Crippen molar-refractivity contribution in [3.05, 3.63) is 59.2 Å². The Kier molecular flexibility index (Phi) is 6.99. The van der Waals surface area contributed by atoms with Gasteiger partial charge in [0.15, 0.2) is 0 Å². The first kappa shape index (κ1) is 22.1. The van der Waals surface area contributed by atoms with Crippen molar-refractivity contribution in [2.75, 3.05) is 24.6 Å². The van der Waals surface area contributed by atoms with Crippen molar-refractivity contribution in [1.82, 2.24) is 10.6 Å². The van der Waals surface area contributed by atoms with Crippen LogP contribution in [0.2, 0.25) is 0 Å². The summed E-state index contributed by atoms with van der Waals surface area (Å²) in [5.41, 5.74) is 2.48. The number of benzene rings is 2. The molecule has 0 radical (unpaired) electrons. The highest BCUT2D eigenvalue weighted by molar-refractivity contribution is 7.92. The lowest BCUT2D eigenvalue weighted by molar-refractivity contribution is 0.0925. The van der Waals surface area contributed by atoms with E-state index in [4.69, 9.17) is 4.74 Å². The monoisotopic (exact) mass is 431 g/mol. The van der Waals surface area contributed by atoms with Crippen molar-refractivity contribution in [3.63, 3.8) is 0 Å². The fourth-order valence-corrected chi connectivity index (χ4v) is 4.42. The molecule has 1 heterocycles. The molecule has 0 saturated carbocycles. The molecule has 1 saturated heterocycles. The number of aryl methyl sites for hydroxylation is 1. The number of nitrogens with one attached hydrogen (secondary N) is 3. The lowest BCUT2D eigenvalue weighted by Gasteiger charge is -2.26. The third-order valence-corrected chi connectivity index (χ3v) is 5.88. The van der Waals surface area contributed by atoms with Gasteiger partial charge in [0.25, 0.3) is 5.91 Å². The Morgan fingerprint density at radius 3 is 2.60 bits per heavy atom. The first-order valence-electron chi connectivity index (χ1n) is 10.0. The molecule has 1 amide bonds. The molecule has 2 aromatic carbocycles. The number of ether oxygens (including phenoxy) is 1. The van der Waals surface area contributed by atoms with E-state index in [-0.39, 0.29) is 18.0 Å². The predicted octanol–water partition coefficient (Wildman–Crippen LogP) is 2.47. The molecule has 0 aromatic heterocycles. The van der Waals surface area contributed by atoms with Gasteiger partial charge in [0.05, 0.1) is 24.6 Å². The average Bonchev–Trinajstić information content (AvgIpc) is 3.23. The second-order valence-corrected chi connectivity index (χ2v) is 9.46. The van der Waals surface area contributed by atoms with Crippen molar-refractivity contribution < 1.29 is 17.9 Å². The summed E-state index contributed by atoms with van der Waals surface area (Å²) in [6.45, 7) is 2.69. The van der Waals surface area contributed by atoms with Gasteiger partial charge in [-0.2, -0.15) is 0 Å². The van der Waals surface area contributed by atoms with Gasteiger partial charge in [-0.05, 0) is 56.0 Å². The normalized spacial score (nSPS) is 17.4. The lowest BCUT2D eigenvalue weighted by atomic mass is 9.97. The van der Waals surface area contributed by atoms with E-state index < -0.39 is 10.0 Å². The van der Waals surface area contributed by atoms with E-state index in [0.29, 0.717) is 29.0 Å². The summed E-state index contributed by atoms with van der Waals surface area (Å²) in [5.74, 6) is 0.111. The van der Waals surface area contributed by atoms with Crippen molar-refractivity contribution in [3.8, 4) is 5.75 Å². The van der Waals surface area contributed by atoms with Gasteiger partial charge in [-0.3, -0.25) is 9.52 Å². The molecule has 3 rings (SSSR count). The van der Waals surface area contributed by atoms with E-state index in [0.717, 1.165) is 31.2 Å². The smallest absolute Gasteiger partial charge is 0.255 e. The Bertz CT molecular complexity index is 987. The molecule has 0 spiro atoms. The molecule has 3 N–H and O–H groups in total. The average molecular weight is 432 g/mol. The molecule has 2 aromatic rings. The summed E-state index contributed by atoms with van der Waals surface area (Å²) in [6.07, 6.45) is 3.84. The predicted molar refractivity (Wildman–Crippen MR) is 119 cm³/mol. The van der Waals surface area contributed by atoms with Gasteiger partial charge in [0.2, 0.25) is 10.0 Å². The Balaban J connectivity index is 1.88. The highest BCUT2D eigenvalue weighted by Gasteiger charge is 2.28. The lowest BCUT2D eigenvalue weighted by Crippen LogP contribution is -2.48. The third kappa shape index (κ3) is 5.73. The number of rotatable bonds is 8. The highest BCUT2D eigenvalue weighted by Crippen LogP contribution is 2.28. The molecule has 30 heavy (non-hydrogen) atoms. The number of hydrogen-bond donors (Lipinski definition) is 3. The van der Waals surface area contributed by atoms with Gasteiger partial charge in [-0.15, -0.1) is 0 Å².